The fourth-order valence-corrected chi connectivity index (χ4v) is 1.98. The summed E-state index contributed by atoms with van der Waals surface area (Å²) in [6.45, 7) is 7.07. The quantitative estimate of drug-likeness (QED) is 0.727. The van der Waals surface area contributed by atoms with E-state index in [-0.39, 0.29) is 12.7 Å². The summed E-state index contributed by atoms with van der Waals surface area (Å²) in [5.74, 6) is -0.402. The Balaban J connectivity index is 3.04. The Morgan fingerprint density at radius 1 is 1.35 bits per heavy atom. The van der Waals surface area contributed by atoms with Gasteiger partial charge >= 0.3 is 0 Å². The molecule has 1 amide bonds. The van der Waals surface area contributed by atoms with Crippen LogP contribution in [0.1, 0.15) is 39.2 Å². The SMILES string of the molecule is CCCNC(COC(C)CC)(C(N)=O)c1ccccc1. The lowest BCUT2D eigenvalue weighted by molar-refractivity contribution is -0.128. The van der Waals surface area contributed by atoms with Crippen LogP contribution in [0.5, 0.6) is 0 Å². The van der Waals surface area contributed by atoms with Gasteiger partial charge in [-0.1, -0.05) is 44.2 Å². The van der Waals surface area contributed by atoms with Crippen LogP contribution in [0, 0.1) is 0 Å². The molecule has 0 aliphatic carbocycles. The van der Waals surface area contributed by atoms with Crippen LogP contribution >= 0.6 is 0 Å². The average Bonchev–Trinajstić information content (AvgIpc) is 2.48. The second-order valence-corrected chi connectivity index (χ2v) is 5.09. The number of amides is 1. The number of hydrogen-bond donors (Lipinski definition) is 2. The molecule has 0 fully saturated rings. The van der Waals surface area contributed by atoms with Crippen LogP contribution < -0.4 is 11.1 Å². The lowest BCUT2D eigenvalue weighted by atomic mass is 9.89. The van der Waals surface area contributed by atoms with Crippen LogP contribution in [0.15, 0.2) is 30.3 Å². The minimum atomic E-state index is -0.958. The first-order valence-corrected chi connectivity index (χ1v) is 7.28. The minimum absolute atomic E-state index is 0.0980. The number of rotatable bonds is 9. The normalized spacial score (nSPS) is 15.6. The van der Waals surface area contributed by atoms with E-state index < -0.39 is 11.4 Å². The minimum Gasteiger partial charge on any atom is -0.376 e. The number of ether oxygens (including phenoxy) is 1. The molecular weight excluding hydrogens is 252 g/mol. The Bertz CT molecular complexity index is 408. The maximum absolute atomic E-state index is 12.1. The Kier molecular flexibility index (Phi) is 6.68. The number of primary amides is 1. The third-order valence-corrected chi connectivity index (χ3v) is 3.52. The largest absolute Gasteiger partial charge is 0.376 e. The van der Waals surface area contributed by atoms with Crippen molar-refractivity contribution in [2.24, 2.45) is 5.73 Å². The van der Waals surface area contributed by atoms with Gasteiger partial charge in [-0.25, -0.2) is 0 Å². The van der Waals surface area contributed by atoms with Gasteiger partial charge in [-0.05, 0) is 31.9 Å². The van der Waals surface area contributed by atoms with E-state index in [2.05, 4.69) is 19.2 Å². The van der Waals surface area contributed by atoms with E-state index >= 15 is 0 Å². The topological polar surface area (TPSA) is 64.3 Å². The fourth-order valence-electron chi connectivity index (χ4n) is 1.98. The van der Waals surface area contributed by atoms with Gasteiger partial charge in [0, 0.05) is 0 Å². The summed E-state index contributed by atoms with van der Waals surface area (Å²) < 4.78 is 5.81. The zero-order valence-corrected chi connectivity index (χ0v) is 12.7. The van der Waals surface area contributed by atoms with Gasteiger partial charge in [0.05, 0.1) is 12.7 Å². The lowest BCUT2D eigenvalue weighted by Crippen LogP contribution is -2.56. The van der Waals surface area contributed by atoms with E-state index in [9.17, 15) is 4.79 Å². The van der Waals surface area contributed by atoms with Crippen LogP contribution in [0.2, 0.25) is 0 Å². The Labute approximate surface area is 121 Å². The molecular formula is C16H26N2O2. The predicted molar refractivity (Wildman–Crippen MR) is 81.3 cm³/mol. The number of nitrogens with two attached hydrogens (primary N) is 1. The van der Waals surface area contributed by atoms with Gasteiger partial charge in [0.1, 0.15) is 5.54 Å². The first kappa shape index (κ1) is 16.7. The maximum Gasteiger partial charge on any atom is 0.244 e. The first-order chi connectivity index (χ1) is 9.56. The van der Waals surface area contributed by atoms with Crippen LogP contribution in [0.4, 0.5) is 0 Å². The molecule has 0 bridgehead atoms. The molecule has 20 heavy (non-hydrogen) atoms. The van der Waals surface area contributed by atoms with Crippen molar-refractivity contribution in [1.82, 2.24) is 5.32 Å². The Hall–Kier alpha value is -1.39. The van der Waals surface area contributed by atoms with Crippen molar-refractivity contribution < 1.29 is 9.53 Å². The van der Waals surface area contributed by atoms with Gasteiger partial charge in [0.2, 0.25) is 5.91 Å². The molecule has 0 saturated heterocycles. The highest BCUT2D eigenvalue weighted by molar-refractivity contribution is 5.86. The third kappa shape index (κ3) is 4.05. The van der Waals surface area contributed by atoms with E-state index in [1.165, 1.54) is 0 Å². The molecule has 1 aromatic rings. The number of carbonyl (C=O) groups excluding carboxylic acids is 1. The fraction of sp³-hybridized carbons (Fsp3) is 0.562. The van der Waals surface area contributed by atoms with E-state index in [1.807, 2.05) is 37.3 Å². The molecule has 0 spiro atoms. The van der Waals surface area contributed by atoms with Crippen LogP contribution in [0.25, 0.3) is 0 Å². The van der Waals surface area contributed by atoms with Gasteiger partial charge in [-0.2, -0.15) is 0 Å². The van der Waals surface area contributed by atoms with Crippen LogP contribution in [-0.4, -0.2) is 25.2 Å². The highest BCUT2D eigenvalue weighted by Crippen LogP contribution is 2.22. The van der Waals surface area contributed by atoms with Crippen molar-refractivity contribution in [2.45, 2.75) is 45.3 Å². The molecule has 0 saturated carbocycles. The number of benzene rings is 1. The molecule has 2 atom stereocenters. The van der Waals surface area contributed by atoms with Crippen molar-refractivity contribution in [3.8, 4) is 0 Å². The van der Waals surface area contributed by atoms with Crippen molar-refractivity contribution in [2.75, 3.05) is 13.2 Å². The van der Waals surface area contributed by atoms with Gasteiger partial charge < -0.3 is 10.5 Å². The smallest absolute Gasteiger partial charge is 0.244 e. The molecule has 4 heteroatoms. The summed E-state index contributed by atoms with van der Waals surface area (Å²) in [5.41, 5.74) is 5.58. The highest BCUT2D eigenvalue weighted by atomic mass is 16.5. The van der Waals surface area contributed by atoms with E-state index in [4.69, 9.17) is 10.5 Å². The standard InChI is InChI=1S/C16H26N2O2/c1-4-11-18-16(15(17)19,12-20-13(3)5-2)14-9-7-6-8-10-14/h6-10,13,18H,4-5,11-12H2,1-3H3,(H2,17,19). The molecule has 0 aliphatic heterocycles. The summed E-state index contributed by atoms with van der Waals surface area (Å²) >= 11 is 0. The summed E-state index contributed by atoms with van der Waals surface area (Å²) in [6.07, 6.45) is 1.92. The summed E-state index contributed by atoms with van der Waals surface area (Å²) in [4.78, 5) is 12.1. The molecule has 2 unspecified atom stereocenters. The van der Waals surface area contributed by atoms with Gasteiger partial charge in [0.25, 0.3) is 0 Å². The first-order valence-electron chi connectivity index (χ1n) is 7.28. The summed E-state index contributed by atoms with van der Waals surface area (Å²) in [7, 11) is 0. The summed E-state index contributed by atoms with van der Waals surface area (Å²) in [6, 6.07) is 9.55. The zero-order chi connectivity index (χ0) is 15.0. The Morgan fingerprint density at radius 3 is 2.50 bits per heavy atom. The molecule has 112 valence electrons. The molecule has 3 N–H and O–H groups in total. The third-order valence-electron chi connectivity index (χ3n) is 3.52. The highest BCUT2D eigenvalue weighted by Gasteiger charge is 2.38. The molecule has 0 aliphatic rings. The molecule has 0 aromatic heterocycles. The molecule has 4 nitrogen and oxygen atoms in total. The van der Waals surface area contributed by atoms with Gasteiger partial charge in [0.15, 0.2) is 0 Å². The average molecular weight is 278 g/mol. The van der Waals surface area contributed by atoms with E-state index in [1.54, 1.807) is 0 Å². The lowest BCUT2D eigenvalue weighted by Gasteiger charge is -2.33. The summed E-state index contributed by atoms with van der Waals surface area (Å²) in [5, 5.41) is 3.28. The van der Waals surface area contributed by atoms with Gasteiger partial charge in [-0.3, -0.25) is 10.1 Å². The van der Waals surface area contributed by atoms with Crippen molar-refractivity contribution >= 4 is 5.91 Å². The second kappa shape index (κ2) is 8.02. The second-order valence-electron chi connectivity index (χ2n) is 5.09. The number of carbonyl (C=O) groups is 1. The van der Waals surface area contributed by atoms with E-state index in [0.717, 1.165) is 18.4 Å². The number of hydrogen-bond acceptors (Lipinski definition) is 3. The van der Waals surface area contributed by atoms with Crippen LogP contribution in [0.3, 0.4) is 0 Å². The zero-order valence-electron chi connectivity index (χ0n) is 12.7. The predicted octanol–water partition coefficient (Wildman–Crippen LogP) is 2.18. The van der Waals surface area contributed by atoms with Crippen molar-refractivity contribution in [1.29, 1.82) is 0 Å². The molecule has 0 radical (unpaired) electrons. The molecule has 1 rings (SSSR count). The van der Waals surface area contributed by atoms with Crippen LogP contribution in [-0.2, 0) is 15.1 Å². The van der Waals surface area contributed by atoms with Gasteiger partial charge in [-0.15, -0.1) is 0 Å². The maximum atomic E-state index is 12.1. The van der Waals surface area contributed by atoms with Crippen molar-refractivity contribution in [3.05, 3.63) is 35.9 Å². The molecule has 0 heterocycles. The van der Waals surface area contributed by atoms with Crippen molar-refractivity contribution in [3.63, 3.8) is 0 Å². The number of nitrogens with one attached hydrogen (secondary N) is 1. The van der Waals surface area contributed by atoms with E-state index in [0.29, 0.717) is 6.54 Å². The monoisotopic (exact) mass is 278 g/mol. The molecule has 1 aromatic carbocycles. The Morgan fingerprint density at radius 2 is 2.00 bits per heavy atom.